The summed E-state index contributed by atoms with van der Waals surface area (Å²) in [6.45, 7) is 4.63. The predicted molar refractivity (Wildman–Crippen MR) is 121 cm³/mol. The Hall–Kier alpha value is -4.07. The van der Waals surface area contributed by atoms with E-state index in [0.29, 0.717) is 19.4 Å². The zero-order valence-corrected chi connectivity index (χ0v) is 18.0. The fraction of sp³-hybridized carbons (Fsp3) is 0.208. The molecule has 0 saturated carbocycles. The molecule has 1 N–H and O–H groups in total. The van der Waals surface area contributed by atoms with Gasteiger partial charge in [0.2, 0.25) is 5.91 Å². The van der Waals surface area contributed by atoms with E-state index in [1.54, 1.807) is 12.4 Å². The molecule has 1 amide bonds. The first-order chi connectivity index (χ1) is 15.6. The molecule has 0 aliphatic carbocycles. The monoisotopic (exact) mass is 425 g/mol. The third kappa shape index (κ3) is 3.82. The lowest BCUT2D eigenvalue weighted by Crippen LogP contribution is -2.23. The summed E-state index contributed by atoms with van der Waals surface area (Å²) in [5, 5.41) is 16.4. The van der Waals surface area contributed by atoms with Crippen molar-refractivity contribution >= 4 is 17.1 Å². The number of hydrogen-bond acceptors (Lipinski definition) is 5. The lowest BCUT2D eigenvalue weighted by Gasteiger charge is -2.04. The van der Waals surface area contributed by atoms with Crippen LogP contribution in [0.3, 0.4) is 0 Å². The molecule has 0 bridgehead atoms. The molecule has 0 atom stereocenters. The van der Waals surface area contributed by atoms with Gasteiger partial charge in [-0.3, -0.25) is 14.2 Å². The van der Waals surface area contributed by atoms with Crippen LogP contribution in [0.2, 0.25) is 0 Å². The van der Waals surface area contributed by atoms with Crippen LogP contribution in [-0.2, 0) is 17.8 Å². The number of nitrogens with one attached hydrogen (secondary N) is 1. The maximum Gasteiger partial charge on any atom is 0.220 e. The number of rotatable bonds is 6. The maximum atomic E-state index is 12.3. The molecular formula is C24H23N7O. The molecule has 160 valence electrons. The second-order valence-electron chi connectivity index (χ2n) is 7.92. The molecule has 0 saturated heterocycles. The SMILES string of the molecule is Cc1ccc(C)c(-c2cc3c4nnc(CCC(=O)NCc5cccnc5)n4ccn3n2)c1. The summed E-state index contributed by atoms with van der Waals surface area (Å²) in [6, 6.07) is 12.2. The van der Waals surface area contributed by atoms with Crippen molar-refractivity contribution in [1.29, 1.82) is 0 Å². The number of amides is 1. The van der Waals surface area contributed by atoms with E-state index in [4.69, 9.17) is 5.10 Å². The van der Waals surface area contributed by atoms with Crippen LogP contribution >= 0.6 is 0 Å². The lowest BCUT2D eigenvalue weighted by atomic mass is 10.0. The van der Waals surface area contributed by atoms with Gasteiger partial charge in [-0.1, -0.05) is 23.8 Å². The summed E-state index contributed by atoms with van der Waals surface area (Å²) in [5.41, 5.74) is 6.95. The van der Waals surface area contributed by atoms with Crippen molar-refractivity contribution in [2.75, 3.05) is 0 Å². The molecule has 0 aliphatic heterocycles. The third-order valence-corrected chi connectivity index (χ3v) is 5.55. The number of nitrogens with zero attached hydrogens (tertiary/aromatic N) is 6. The zero-order chi connectivity index (χ0) is 22.1. The quantitative estimate of drug-likeness (QED) is 0.451. The number of aryl methyl sites for hydroxylation is 3. The van der Waals surface area contributed by atoms with Crippen molar-refractivity contribution in [2.24, 2.45) is 0 Å². The van der Waals surface area contributed by atoms with Gasteiger partial charge >= 0.3 is 0 Å². The average Bonchev–Trinajstić information content (AvgIpc) is 3.42. The van der Waals surface area contributed by atoms with Crippen molar-refractivity contribution in [2.45, 2.75) is 33.2 Å². The molecule has 0 aliphatic rings. The molecule has 32 heavy (non-hydrogen) atoms. The van der Waals surface area contributed by atoms with Crippen molar-refractivity contribution in [3.63, 3.8) is 0 Å². The van der Waals surface area contributed by atoms with Gasteiger partial charge < -0.3 is 5.32 Å². The molecule has 8 heteroatoms. The fourth-order valence-electron chi connectivity index (χ4n) is 3.79. The van der Waals surface area contributed by atoms with Crippen LogP contribution in [0.25, 0.3) is 22.4 Å². The summed E-state index contributed by atoms with van der Waals surface area (Å²) in [4.78, 5) is 16.3. The van der Waals surface area contributed by atoms with E-state index in [9.17, 15) is 4.79 Å². The Morgan fingerprint density at radius 1 is 1.09 bits per heavy atom. The van der Waals surface area contributed by atoms with Gasteiger partial charge in [0.1, 0.15) is 11.3 Å². The molecule has 0 fully saturated rings. The first-order valence-corrected chi connectivity index (χ1v) is 10.5. The minimum atomic E-state index is -0.0340. The predicted octanol–water partition coefficient (Wildman–Crippen LogP) is 3.30. The van der Waals surface area contributed by atoms with Crippen LogP contribution in [0.5, 0.6) is 0 Å². The van der Waals surface area contributed by atoms with Gasteiger partial charge in [0, 0.05) is 49.7 Å². The highest BCUT2D eigenvalue weighted by atomic mass is 16.1. The number of aromatic nitrogens is 6. The van der Waals surface area contributed by atoms with E-state index in [1.807, 2.05) is 39.5 Å². The van der Waals surface area contributed by atoms with Crippen LogP contribution in [0.1, 0.15) is 28.9 Å². The summed E-state index contributed by atoms with van der Waals surface area (Å²) in [5.74, 6) is 0.710. The first kappa shape index (κ1) is 19.9. The molecule has 0 radical (unpaired) electrons. The van der Waals surface area contributed by atoms with Gasteiger partial charge in [-0.2, -0.15) is 5.10 Å². The number of fused-ring (bicyclic) bond motifs is 3. The van der Waals surface area contributed by atoms with E-state index in [0.717, 1.165) is 33.8 Å². The van der Waals surface area contributed by atoms with E-state index < -0.39 is 0 Å². The smallest absolute Gasteiger partial charge is 0.220 e. The molecule has 0 spiro atoms. The maximum absolute atomic E-state index is 12.3. The summed E-state index contributed by atoms with van der Waals surface area (Å²) in [7, 11) is 0. The third-order valence-electron chi connectivity index (χ3n) is 5.55. The van der Waals surface area contributed by atoms with Crippen molar-refractivity contribution in [3.8, 4) is 11.3 Å². The number of benzene rings is 1. The van der Waals surface area contributed by atoms with E-state index in [-0.39, 0.29) is 5.91 Å². The minimum absolute atomic E-state index is 0.0340. The normalized spacial score (nSPS) is 11.3. The van der Waals surface area contributed by atoms with Gasteiger partial charge in [-0.05, 0) is 43.2 Å². The van der Waals surface area contributed by atoms with Crippen LogP contribution in [0.4, 0.5) is 0 Å². The molecule has 5 aromatic rings. The topological polar surface area (TPSA) is 89.5 Å². The molecule has 5 rings (SSSR count). The van der Waals surface area contributed by atoms with Crippen molar-refractivity contribution < 1.29 is 4.79 Å². The molecule has 8 nitrogen and oxygen atoms in total. The fourth-order valence-corrected chi connectivity index (χ4v) is 3.79. The van der Waals surface area contributed by atoms with Crippen molar-refractivity contribution in [3.05, 3.63) is 83.7 Å². The van der Waals surface area contributed by atoms with Gasteiger partial charge in [0.05, 0.1) is 5.69 Å². The molecule has 4 heterocycles. The molecule has 1 aromatic carbocycles. The minimum Gasteiger partial charge on any atom is -0.352 e. The number of carbonyl (C=O) groups is 1. The van der Waals surface area contributed by atoms with Gasteiger partial charge in [-0.15, -0.1) is 10.2 Å². The lowest BCUT2D eigenvalue weighted by molar-refractivity contribution is -0.121. The van der Waals surface area contributed by atoms with E-state index in [1.165, 1.54) is 11.1 Å². The molecule has 0 unspecified atom stereocenters. The second kappa shape index (κ2) is 8.22. The molecular weight excluding hydrogens is 402 g/mol. The zero-order valence-electron chi connectivity index (χ0n) is 18.0. The number of hydrogen-bond donors (Lipinski definition) is 1. The Balaban J connectivity index is 1.35. The average molecular weight is 425 g/mol. The summed E-state index contributed by atoms with van der Waals surface area (Å²) >= 11 is 0. The number of pyridine rings is 1. The number of carbonyl (C=O) groups excluding carboxylic acids is 1. The second-order valence-corrected chi connectivity index (χ2v) is 7.92. The Bertz CT molecular complexity index is 1420. The van der Waals surface area contributed by atoms with Crippen molar-refractivity contribution in [1.82, 2.24) is 34.5 Å². The van der Waals surface area contributed by atoms with Crippen LogP contribution in [0, 0.1) is 13.8 Å². The Morgan fingerprint density at radius 2 is 2.00 bits per heavy atom. The summed E-state index contributed by atoms with van der Waals surface area (Å²) < 4.78 is 3.75. The highest BCUT2D eigenvalue weighted by molar-refractivity contribution is 5.78. The van der Waals surface area contributed by atoms with Crippen LogP contribution < -0.4 is 5.32 Å². The van der Waals surface area contributed by atoms with Gasteiger partial charge in [-0.25, -0.2) is 4.52 Å². The van der Waals surface area contributed by atoms with Crippen LogP contribution in [-0.4, -0.2) is 35.1 Å². The Kier molecular flexibility index (Phi) is 5.10. The van der Waals surface area contributed by atoms with Gasteiger partial charge in [0.25, 0.3) is 0 Å². The first-order valence-electron chi connectivity index (χ1n) is 10.5. The van der Waals surface area contributed by atoms with E-state index in [2.05, 4.69) is 52.5 Å². The Morgan fingerprint density at radius 3 is 2.84 bits per heavy atom. The largest absolute Gasteiger partial charge is 0.352 e. The summed E-state index contributed by atoms with van der Waals surface area (Å²) in [6.07, 6.45) is 8.07. The Labute approximate surface area is 184 Å². The van der Waals surface area contributed by atoms with Crippen LogP contribution in [0.15, 0.2) is 61.2 Å². The van der Waals surface area contributed by atoms with Gasteiger partial charge in [0.15, 0.2) is 5.65 Å². The standard InChI is InChI=1S/C24H23N7O/c1-16-5-6-17(2)19(12-16)20-13-21-24-28-27-22(30(24)10-11-31(21)29-20)7-8-23(32)26-15-18-4-3-9-25-14-18/h3-6,9-14H,7-8,15H2,1-2H3,(H,26,32). The molecule has 4 aromatic heterocycles. The highest BCUT2D eigenvalue weighted by Crippen LogP contribution is 2.26. The van der Waals surface area contributed by atoms with E-state index >= 15 is 0 Å². The highest BCUT2D eigenvalue weighted by Gasteiger charge is 2.14.